The Kier molecular flexibility index (Phi) is 5.73. The predicted molar refractivity (Wildman–Crippen MR) is 85.4 cm³/mol. The summed E-state index contributed by atoms with van der Waals surface area (Å²) in [5.74, 6) is 0.475. The van der Waals surface area contributed by atoms with E-state index >= 15 is 0 Å². The van der Waals surface area contributed by atoms with E-state index in [-0.39, 0.29) is 11.9 Å². The fourth-order valence-electron chi connectivity index (χ4n) is 1.82. The number of halogens is 3. The predicted octanol–water partition coefficient (Wildman–Crippen LogP) is 5.19. The highest BCUT2D eigenvalue weighted by Crippen LogP contribution is 2.29. The van der Waals surface area contributed by atoms with Crippen LogP contribution >= 0.6 is 35.0 Å². The SMILES string of the molecule is CNC(CSc1ccc(Cl)cc1)c1cc(F)ccc1Cl. The Morgan fingerprint density at radius 1 is 1.15 bits per heavy atom. The van der Waals surface area contributed by atoms with Crippen LogP contribution in [0.4, 0.5) is 4.39 Å². The van der Waals surface area contributed by atoms with Crippen molar-refractivity contribution < 1.29 is 4.39 Å². The molecule has 1 N–H and O–H groups in total. The molecule has 5 heteroatoms. The van der Waals surface area contributed by atoms with E-state index in [2.05, 4.69) is 5.32 Å². The number of nitrogens with one attached hydrogen (secondary N) is 1. The number of hydrogen-bond acceptors (Lipinski definition) is 2. The highest BCUT2D eigenvalue weighted by Gasteiger charge is 2.14. The van der Waals surface area contributed by atoms with Gasteiger partial charge in [-0.2, -0.15) is 0 Å². The number of thioether (sulfide) groups is 1. The molecule has 1 atom stereocenters. The average molecular weight is 330 g/mol. The molecule has 0 fully saturated rings. The Hall–Kier alpha value is -0.740. The zero-order valence-electron chi connectivity index (χ0n) is 10.9. The molecule has 0 spiro atoms. The molecule has 0 aliphatic rings. The first-order valence-electron chi connectivity index (χ1n) is 6.10. The summed E-state index contributed by atoms with van der Waals surface area (Å²) in [6, 6.07) is 12.1. The maximum atomic E-state index is 13.3. The Balaban J connectivity index is 2.09. The highest BCUT2D eigenvalue weighted by molar-refractivity contribution is 7.99. The summed E-state index contributed by atoms with van der Waals surface area (Å²) in [6.45, 7) is 0. The summed E-state index contributed by atoms with van der Waals surface area (Å²) in [5, 5.41) is 4.46. The fraction of sp³-hybridized carbons (Fsp3) is 0.200. The summed E-state index contributed by atoms with van der Waals surface area (Å²) < 4.78 is 13.3. The molecule has 0 aromatic heterocycles. The van der Waals surface area contributed by atoms with Gasteiger partial charge < -0.3 is 5.32 Å². The van der Waals surface area contributed by atoms with Crippen LogP contribution in [0.5, 0.6) is 0 Å². The molecular formula is C15H14Cl2FNS. The Morgan fingerprint density at radius 2 is 1.85 bits per heavy atom. The van der Waals surface area contributed by atoms with E-state index in [0.717, 1.165) is 16.2 Å². The third-order valence-corrected chi connectivity index (χ3v) is 4.61. The van der Waals surface area contributed by atoms with Gasteiger partial charge in [0.05, 0.1) is 0 Å². The Labute approximate surface area is 132 Å². The van der Waals surface area contributed by atoms with Crippen LogP contribution in [0.2, 0.25) is 10.0 Å². The molecule has 0 bridgehead atoms. The number of benzene rings is 2. The van der Waals surface area contributed by atoms with Crippen LogP contribution in [0.3, 0.4) is 0 Å². The molecule has 0 heterocycles. The average Bonchev–Trinajstić information content (AvgIpc) is 2.45. The van der Waals surface area contributed by atoms with E-state index in [1.165, 1.54) is 12.1 Å². The van der Waals surface area contributed by atoms with Crippen LogP contribution in [0, 0.1) is 5.82 Å². The molecule has 0 radical (unpaired) electrons. The first-order valence-corrected chi connectivity index (χ1v) is 7.85. The second-order valence-electron chi connectivity index (χ2n) is 4.27. The van der Waals surface area contributed by atoms with E-state index in [9.17, 15) is 4.39 Å². The first-order chi connectivity index (χ1) is 9.60. The molecule has 0 aliphatic carbocycles. The van der Waals surface area contributed by atoms with Crippen LogP contribution in [0.15, 0.2) is 47.4 Å². The maximum Gasteiger partial charge on any atom is 0.123 e. The van der Waals surface area contributed by atoms with Crippen molar-refractivity contribution in [1.82, 2.24) is 5.32 Å². The highest BCUT2D eigenvalue weighted by atomic mass is 35.5. The van der Waals surface area contributed by atoms with Crippen molar-refractivity contribution in [2.75, 3.05) is 12.8 Å². The second-order valence-corrected chi connectivity index (χ2v) is 6.21. The van der Waals surface area contributed by atoms with Crippen LogP contribution in [-0.2, 0) is 0 Å². The minimum Gasteiger partial charge on any atom is -0.312 e. The maximum absolute atomic E-state index is 13.3. The van der Waals surface area contributed by atoms with Gasteiger partial charge in [-0.3, -0.25) is 0 Å². The fourth-order valence-corrected chi connectivity index (χ4v) is 3.23. The topological polar surface area (TPSA) is 12.0 Å². The monoisotopic (exact) mass is 329 g/mol. The van der Waals surface area contributed by atoms with Crippen molar-refractivity contribution in [3.63, 3.8) is 0 Å². The molecule has 1 unspecified atom stereocenters. The zero-order valence-corrected chi connectivity index (χ0v) is 13.2. The minimum absolute atomic E-state index is 0.0149. The lowest BCUT2D eigenvalue weighted by molar-refractivity contribution is 0.611. The molecule has 1 nitrogen and oxygen atoms in total. The van der Waals surface area contributed by atoms with E-state index in [0.29, 0.717) is 10.0 Å². The van der Waals surface area contributed by atoms with Crippen LogP contribution in [-0.4, -0.2) is 12.8 Å². The minimum atomic E-state index is -0.277. The lowest BCUT2D eigenvalue weighted by Gasteiger charge is -2.17. The second kappa shape index (κ2) is 7.32. The quantitative estimate of drug-likeness (QED) is 0.758. The number of hydrogen-bond donors (Lipinski definition) is 1. The van der Waals surface area contributed by atoms with Gasteiger partial charge in [0, 0.05) is 26.7 Å². The Bertz CT molecular complexity index is 575. The van der Waals surface area contributed by atoms with Gasteiger partial charge in [0.15, 0.2) is 0 Å². The molecular weight excluding hydrogens is 316 g/mol. The molecule has 106 valence electrons. The van der Waals surface area contributed by atoms with Crippen molar-refractivity contribution in [3.8, 4) is 0 Å². The number of rotatable bonds is 5. The first kappa shape index (κ1) is 15.6. The lowest BCUT2D eigenvalue weighted by atomic mass is 10.1. The lowest BCUT2D eigenvalue weighted by Crippen LogP contribution is -2.19. The van der Waals surface area contributed by atoms with Gasteiger partial charge in [0.1, 0.15) is 5.82 Å². The summed E-state index contributed by atoms with van der Waals surface area (Å²) in [7, 11) is 1.84. The van der Waals surface area contributed by atoms with Crippen molar-refractivity contribution in [3.05, 3.63) is 63.9 Å². The molecule has 0 saturated heterocycles. The molecule has 0 amide bonds. The van der Waals surface area contributed by atoms with Gasteiger partial charge in [-0.25, -0.2) is 4.39 Å². The van der Waals surface area contributed by atoms with Gasteiger partial charge in [0.25, 0.3) is 0 Å². The largest absolute Gasteiger partial charge is 0.312 e. The molecule has 2 aromatic rings. The standard InChI is InChI=1S/C15H14Cl2FNS/c1-19-15(13-8-11(18)4-7-14(13)17)9-20-12-5-2-10(16)3-6-12/h2-8,15,19H,9H2,1H3. The molecule has 2 aromatic carbocycles. The van der Waals surface area contributed by atoms with Gasteiger partial charge in [-0.15, -0.1) is 11.8 Å². The molecule has 0 saturated carbocycles. The van der Waals surface area contributed by atoms with Crippen molar-refractivity contribution in [1.29, 1.82) is 0 Å². The van der Waals surface area contributed by atoms with Gasteiger partial charge in [-0.05, 0) is 55.1 Å². The van der Waals surface area contributed by atoms with Crippen molar-refractivity contribution in [2.45, 2.75) is 10.9 Å². The van der Waals surface area contributed by atoms with E-state index in [1.807, 2.05) is 31.3 Å². The van der Waals surface area contributed by atoms with Gasteiger partial charge in [-0.1, -0.05) is 23.2 Å². The molecule has 20 heavy (non-hydrogen) atoms. The smallest absolute Gasteiger partial charge is 0.123 e. The van der Waals surface area contributed by atoms with Crippen LogP contribution in [0.1, 0.15) is 11.6 Å². The van der Waals surface area contributed by atoms with Crippen molar-refractivity contribution in [2.24, 2.45) is 0 Å². The zero-order chi connectivity index (χ0) is 14.5. The summed E-state index contributed by atoms with van der Waals surface area (Å²) >= 11 is 13.7. The summed E-state index contributed by atoms with van der Waals surface area (Å²) in [5.41, 5.74) is 0.774. The third-order valence-electron chi connectivity index (χ3n) is 2.91. The summed E-state index contributed by atoms with van der Waals surface area (Å²) in [6.07, 6.45) is 0. The van der Waals surface area contributed by atoms with Crippen molar-refractivity contribution >= 4 is 35.0 Å². The van der Waals surface area contributed by atoms with Gasteiger partial charge in [0.2, 0.25) is 0 Å². The van der Waals surface area contributed by atoms with Gasteiger partial charge >= 0.3 is 0 Å². The van der Waals surface area contributed by atoms with E-state index < -0.39 is 0 Å². The third kappa shape index (κ3) is 4.13. The molecule has 2 rings (SSSR count). The Morgan fingerprint density at radius 3 is 2.50 bits per heavy atom. The normalized spacial score (nSPS) is 12.4. The van der Waals surface area contributed by atoms with E-state index in [4.69, 9.17) is 23.2 Å². The van der Waals surface area contributed by atoms with E-state index in [1.54, 1.807) is 17.8 Å². The van der Waals surface area contributed by atoms with Crippen LogP contribution in [0.25, 0.3) is 0 Å². The molecule has 0 aliphatic heterocycles. The summed E-state index contributed by atoms with van der Waals surface area (Å²) in [4.78, 5) is 1.11. The van der Waals surface area contributed by atoms with Crippen LogP contribution < -0.4 is 5.32 Å².